The largest absolute Gasteiger partial charge is 0.340 e. The number of nitrogens with zero attached hydrogens (tertiary/aromatic N) is 6. The molecule has 0 saturated carbocycles. The molecular weight excluding hydrogens is 400 g/mol. The van der Waals surface area contributed by atoms with E-state index in [1.54, 1.807) is 36.5 Å². The van der Waals surface area contributed by atoms with Gasteiger partial charge in [-0.05, 0) is 32.0 Å². The third-order valence-corrected chi connectivity index (χ3v) is 5.46. The Hall–Kier alpha value is -3.19. The Morgan fingerprint density at radius 1 is 1.23 bits per heavy atom. The number of carbonyl (C=O) groups excluding carboxylic acids is 1. The third-order valence-electron chi connectivity index (χ3n) is 5.23. The molecule has 3 aromatic heterocycles. The molecule has 8 heteroatoms. The molecule has 0 spiro atoms. The summed E-state index contributed by atoms with van der Waals surface area (Å²) < 4.78 is 3.78. The van der Waals surface area contributed by atoms with Crippen LogP contribution in [0.5, 0.6) is 0 Å². The molecule has 0 aliphatic heterocycles. The van der Waals surface area contributed by atoms with Gasteiger partial charge in [0, 0.05) is 55.0 Å². The van der Waals surface area contributed by atoms with Crippen molar-refractivity contribution in [3.63, 3.8) is 0 Å². The summed E-state index contributed by atoms with van der Waals surface area (Å²) in [5.74, 6) is -0.0921. The first-order chi connectivity index (χ1) is 14.4. The summed E-state index contributed by atoms with van der Waals surface area (Å²) in [5.41, 5.74) is 4.67. The van der Waals surface area contributed by atoms with E-state index in [0.717, 1.165) is 23.2 Å². The number of carbonyl (C=O) groups is 1. The second-order valence-corrected chi connectivity index (χ2v) is 7.81. The monoisotopic (exact) mass is 422 g/mol. The summed E-state index contributed by atoms with van der Waals surface area (Å²) in [4.78, 5) is 24.2. The van der Waals surface area contributed by atoms with Crippen LogP contribution in [0.1, 0.15) is 28.5 Å². The maximum absolute atomic E-state index is 13.4. The van der Waals surface area contributed by atoms with E-state index in [1.807, 2.05) is 48.6 Å². The van der Waals surface area contributed by atoms with E-state index in [9.17, 15) is 4.79 Å². The molecule has 4 rings (SSSR count). The predicted molar refractivity (Wildman–Crippen MR) is 117 cm³/mol. The van der Waals surface area contributed by atoms with Crippen LogP contribution in [0.3, 0.4) is 0 Å². The maximum Gasteiger partial charge on any atom is 0.254 e. The first kappa shape index (κ1) is 20.1. The van der Waals surface area contributed by atoms with E-state index in [-0.39, 0.29) is 5.91 Å². The van der Waals surface area contributed by atoms with Gasteiger partial charge in [-0.2, -0.15) is 5.10 Å². The molecule has 0 atom stereocenters. The zero-order chi connectivity index (χ0) is 21.4. The SMILES string of the molecule is CCn1ncc(CN(C)C(=O)c2cc(-c3cn(C)cn3)nc3cc(Cl)ccc23)c1C. The van der Waals surface area contributed by atoms with Crippen LogP contribution in [0.2, 0.25) is 5.02 Å². The molecule has 0 fully saturated rings. The van der Waals surface area contributed by atoms with Crippen LogP contribution in [-0.2, 0) is 20.1 Å². The topological polar surface area (TPSA) is 68.8 Å². The summed E-state index contributed by atoms with van der Waals surface area (Å²) in [7, 11) is 3.70. The Balaban J connectivity index is 1.75. The van der Waals surface area contributed by atoms with E-state index >= 15 is 0 Å². The Bertz CT molecular complexity index is 1240. The van der Waals surface area contributed by atoms with Gasteiger partial charge in [-0.1, -0.05) is 17.7 Å². The molecule has 7 nitrogen and oxygen atoms in total. The van der Waals surface area contributed by atoms with Gasteiger partial charge in [0.2, 0.25) is 0 Å². The van der Waals surface area contributed by atoms with Crippen molar-refractivity contribution in [1.82, 2.24) is 29.2 Å². The number of pyridine rings is 1. The van der Waals surface area contributed by atoms with Crippen LogP contribution in [0.15, 0.2) is 43.0 Å². The van der Waals surface area contributed by atoms with Crippen LogP contribution < -0.4 is 0 Å². The van der Waals surface area contributed by atoms with E-state index in [2.05, 4.69) is 10.1 Å². The fraction of sp³-hybridized carbons (Fsp3) is 0.273. The first-order valence-electron chi connectivity index (χ1n) is 9.72. The number of fused-ring (bicyclic) bond motifs is 1. The highest BCUT2D eigenvalue weighted by atomic mass is 35.5. The second-order valence-electron chi connectivity index (χ2n) is 7.37. The van der Waals surface area contributed by atoms with E-state index < -0.39 is 0 Å². The number of hydrogen-bond donors (Lipinski definition) is 0. The molecule has 0 saturated heterocycles. The number of rotatable bonds is 5. The minimum Gasteiger partial charge on any atom is -0.340 e. The molecule has 0 aliphatic carbocycles. The molecule has 0 N–H and O–H groups in total. The summed E-state index contributed by atoms with van der Waals surface area (Å²) in [6, 6.07) is 7.20. The van der Waals surface area contributed by atoms with Gasteiger partial charge >= 0.3 is 0 Å². The summed E-state index contributed by atoms with van der Waals surface area (Å²) in [6.45, 7) is 5.34. The van der Waals surface area contributed by atoms with Crippen LogP contribution in [-0.4, -0.2) is 42.2 Å². The number of imidazole rings is 1. The van der Waals surface area contributed by atoms with Gasteiger partial charge in [0.05, 0.1) is 29.3 Å². The zero-order valence-corrected chi connectivity index (χ0v) is 18.2. The average Bonchev–Trinajstić information content (AvgIpc) is 3.32. The normalized spacial score (nSPS) is 11.2. The van der Waals surface area contributed by atoms with Crippen LogP contribution in [0.25, 0.3) is 22.3 Å². The van der Waals surface area contributed by atoms with Gasteiger partial charge in [0.1, 0.15) is 5.69 Å². The summed E-state index contributed by atoms with van der Waals surface area (Å²) in [5, 5.41) is 5.71. The lowest BCUT2D eigenvalue weighted by Crippen LogP contribution is -2.26. The van der Waals surface area contributed by atoms with Crippen molar-refractivity contribution >= 4 is 28.4 Å². The lowest BCUT2D eigenvalue weighted by atomic mass is 10.1. The highest BCUT2D eigenvalue weighted by Crippen LogP contribution is 2.27. The summed E-state index contributed by atoms with van der Waals surface area (Å²) in [6.07, 6.45) is 5.41. The molecule has 0 radical (unpaired) electrons. The fourth-order valence-corrected chi connectivity index (χ4v) is 3.71. The maximum atomic E-state index is 13.4. The summed E-state index contributed by atoms with van der Waals surface area (Å²) >= 11 is 6.19. The highest BCUT2D eigenvalue weighted by Gasteiger charge is 2.20. The molecule has 0 unspecified atom stereocenters. The predicted octanol–water partition coefficient (Wildman–Crippen LogP) is 4.09. The number of benzene rings is 1. The molecule has 1 amide bonds. The minimum atomic E-state index is -0.0921. The van der Waals surface area contributed by atoms with Crippen molar-refractivity contribution in [3.05, 3.63) is 64.8 Å². The number of hydrogen-bond acceptors (Lipinski definition) is 4. The Labute approximate surface area is 179 Å². The van der Waals surface area contributed by atoms with Gasteiger partial charge in [-0.3, -0.25) is 9.48 Å². The van der Waals surface area contributed by atoms with Crippen molar-refractivity contribution in [2.75, 3.05) is 7.05 Å². The Kier molecular flexibility index (Phi) is 5.30. The van der Waals surface area contributed by atoms with Gasteiger partial charge < -0.3 is 9.47 Å². The van der Waals surface area contributed by atoms with Crippen LogP contribution in [0, 0.1) is 6.92 Å². The quantitative estimate of drug-likeness (QED) is 0.485. The molecule has 30 heavy (non-hydrogen) atoms. The zero-order valence-electron chi connectivity index (χ0n) is 17.4. The lowest BCUT2D eigenvalue weighted by Gasteiger charge is -2.19. The van der Waals surface area contributed by atoms with Gasteiger partial charge in [-0.25, -0.2) is 9.97 Å². The standard InChI is InChI=1S/C22H23ClN6O/c1-5-29-14(2)15(10-25-29)11-28(4)22(30)18-9-20(21-12-27(3)13-24-21)26-19-8-16(23)6-7-17(18)19/h6-10,12-13H,5,11H2,1-4H3. The van der Waals surface area contributed by atoms with Gasteiger partial charge in [-0.15, -0.1) is 0 Å². The molecule has 0 aliphatic rings. The number of aromatic nitrogens is 5. The lowest BCUT2D eigenvalue weighted by molar-refractivity contribution is 0.0787. The average molecular weight is 423 g/mol. The van der Waals surface area contributed by atoms with E-state index in [0.29, 0.717) is 34.0 Å². The second kappa shape index (κ2) is 7.91. The molecule has 154 valence electrons. The van der Waals surface area contributed by atoms with Crippen molar-refractivity contribution in [2.24, 2.45) is 7.05 Å². The van der Waals surface area contributed by atoms with E-state index in [1.165, 1.54) is 0 Å². The van der Waals surface area contributed by atoms with Crippen molar-refractivity contribution in [2.45, 2.75) is 26.9 Å². The molecule has 1 aromatic carbocycles. The van der Waals surface area contributed by atoms with E-state index in [4.69, 9.17) is 16.6 Å². The highest BCUT2D eigenvalue weighted by molar-refractivity contribution is 6.31. The molecule has 3 heterocycles. The van der Waals surface area contributed by atoms with Crippen LogP contribution in [0.4, 0.5) is 0 Å². The fourth-order valence-electron chi connectivity index (χ4n) is 3.55. The number of halogens is 1. The van der Waals surface area contributed by atoms with Gasteiger partial charge in [0.15, 0.2) is 0 Å². The Morgan fingerprint density at radius 2 is 2.03 bits per heavy atom. The number of amides is 1. The third kappa shape index (κ3) is 3.68. The van der Waals surface area contributed by atoms with Crippen molar-refractivity contribution < 1.29 is 4.79 Å². The van der Waals surface area contributed by atoms with Crippen LogP contribution >= 0.6 is 11.6 Å². The molecule has 4 aromatic rings. The minimum absolute atomic E-state index is 0.0921. The smallest absolute Gasteiger partial charge is 0.254 e. The van der Waals surface area contributed by atoms with Crippen molar-refractivity contribution in [1.29, 1.82) is 0 Å². The molecule has 0 bridgehead atoms. The molecular formula is C22H23ClN6O. The van der Waals surface area contributed by atoms with Crippen molar-refractivity contribution in [3.8, 4) is 11.4 Å². The number of aryl methyl sites for hydroxylation is 2. The Morgan fingerprint density at radius 3 is 2.70 bits per heavy atom. The van der Waals surface area contributed by atoms with Gasteiger partial charge in [0.25, 0.3) is 5.91 Å². The first-order valence-corrected chi connectivity index (χ1v) is 10.1.